The second-order valence-electron chi connectivity index (χ2n) is 6.57. The molecular formula is C16H25ClN2. The van der Waals surface area contributed by atoms with Gasteiger partial charge in [-0.2, -0.15) is 0 Å². The SMILES string of the molecule is CC(C)(C)N1CCC(C(N)c2ccc(Cl)cc2)CC1. The highest BCUT2D eigenvalue weighted by Gasteiger charge is 2.29. The van der Waals surface area contributed by atoms with Crippen molar-refractivity contribution >= 4 is 11.6 Å². The molecule has 2 rings (SSSR count). The van der Waals surface area contributed by atoms with Gasteiger partial charge in [0.05, 0.1) is 0 Å². The number of likely N-dealkylation sites (tertiary alicyclic amines) is 1. The van der Waals surface area contributed by atoms with E-state index in [0.29, 0.717) is 5.92 Å². The number of hydrogen-bond acceptors (Lipinski definition) is 2. The van der Waals surface area contributed by atoms with Crippen LogP contribution in [0.1, 0.15) is 45.2 Å². The maximum Gasteiger partial charge on any atom is 0.0406 e. The van der Waals surface area contributed by atoms with Gasteiger partial charge in [-0.05, 0) is 70.3 Å². The maximum absolute atomic E-state index is 6.41. The van der Waals surface area contributed by atoms with Crippen molar-refractivity contribution in [3.05, 3.63) is 34.9 Å². The van der Waals surface area contributed by atoms with Gasteiger partial charge < -0.3 is 5.73 Å². The fourth-order valence-electron chi connectivity index (χ4n) is 2.89. The highest BCUT2D eigenvalue weighted by Crippen LogP contribution is 2.31. The molecule has 106 valence electrons. The Balaban J connectivity index is 1.96. The van der Waals surface area contributed by atoms with E-state index in [-0.39, 0.29) is 11.6 Å². The van der Waals surface area contributed by atoms with Gasteiger partial charge in [-0.1, -0.05) is 23.7 Å². The Bertz CT molecular complexity index is 400. The minimum Gasteiger partial charge on any atom is -0.324 e. The highest BCUT2D eigenvalue weighted by molar-refractivity contribution is 6.30. The number of hydrogen-bond donors (Lipinski definition) is 1. The molecule has 19 heavy (non-hydrogen) atoms. The molecule has 1 saturated heterocycles. The van der Waals surface area contributed by atoms with Crippen molar-refractivity contribution in [2.45, 2.75) is 45.2 Å². The molecule has 1 atom stereocenters. The Morgan fingerprint density at radius 1 is 1.16 bits per heavy atom. The van der Waals surface area contributed by atoms with Crippen LogP contribution >= 0.6 is 11.6 Å². The summed E-state index contributed by atoms with van der Waals surface area (Å²) in [5, 5.41) is 0.776. The van der Waals surface area contributed by atoms with Gasteiger partial charge in [-0.25, -0.2) is 0 Å². The normalized spacial score (nSPS) is 20.5. The molecule has 0 bridgehead atoms. The van der Waals surface area contributed by atoms with Crippen molar-refractivity contribution in [2.24, 2.45) is 11.7 Å². The Hall–Kier alpha value is -0.570. The maximum atomic E-state index is 6.41. The molecule has 1 aromatic carbocycles. The summed E-state index contributed by atoms with van der Waals surface area (Å²) in [5.41, 5.74) is 7.89. The molecule has 1 heterocycles. The molecule has 2 nitrogen and oxygen atoms in total. The van der Waals surface area contributed by atoms with Gasteiger partial charge in [0.2, 0.25) is 0 Å². The van der Waals surface area contributed by atoms with Crippen LogP contribution in [0.3, 0.4) is 0 Å². The zero-order valence-electron chi connectivity index (χ0n) is 12.2. The van der Waals surface area contributed by atoms with Crippen LogP contribution in [0.5, 0.6) is 0 Å². The molecule has 1 aliphatic rings. The molecule has 3 heteroatoms. The Kier molecular flexibility index (Phi) is 4.54. The minimum absolute atomic E-state index is 0.138. The second kappa shape index (κ2) is 5.82. The number of halogens is 1. The average Bonchev–Trinajstić information content (AvgIpc) is 2.38. The predicted molar refractivity (Wildman–Crippen MR) is 82.4 cm³/mol. The van der Waals surface area contributed by atoms with Crippen molar-refractivity contribution in [2.75, 3.05) is 13.1 Å². The van der Waals surface area contributed by atoms with Crippen molar-refractivity contribution in [3.8, 4) is 0 Å². The molecule has 0 spiro atoms. The van der Waals surface area contributed by atoms with Crippen LogP contribution in [0.2, 0.25) is 5.02 Å². The molecule has 0 saturated carbocycles. The summed E-state index contributed by atoms with van der Waals surface area (Å²) in [6.07, 6.45) is 2.36. The first kappa shape index (κ1) is 14.8. The van der Waals surface area contributed by atoms with Crippen LogP contribution in [0, 0.1) is 5.92 Å². The quantitative estimate of drug-likeness (QED) is 0.892. The lowest BCUT2D eigenvalue weighted by atomic mass is 9.84. The van der Waals surface area contributed by atoms with Crippen LogP contribution in [0.4, 0.5) is 0 Å². The van der Waals surface area contributed by atoms with E-state index < -0.39 is 0 Å². The third-order valence-electron chi connectivity index (χ3n) is 4.25. The smallest absolute Gasteiger partial charge is 0.0406 e. The topological polar surface area (TPSA) is 29.3 Å². The molecule has 0 radical (unpaired) electrons. The standard InChI is InChI=1S/C16H25ClN2/c1-16(2,3)19-10-8-13(9-11-19)15(18)12-4-6-14(17)7-5-12/h4-7,13,15H,8-11,18H2,1-3H3. The van der Waals surface area contributed by atoms with Gasteiger partial charge in [0.15, 0.2) is 0 Å². The van der Waals surface area contributed by atoms with Crippen LogP contribution in [0.15, 0.2) is 24.3 Å². The fraction of sp³-hybridized carbons (Fsp3) is 0.625. The van der Waals surface area contributed by atoms with E-state index in [1.807, 2.05) is 12.1 Å². The molecule has 1 unspecified atom stereocenters. The lowest BCUT2D eigenvalue weighted by molar-refractivity contribution is 0.0807. The summed E-state index contributed by atoms with van der Waals surface area (Å²) in [6, 6.07) is 8.12. The highest BCUT2D eigenvalue weighted by atomic mass is 35.5. The van der Waals surface area contributed by atoms with E-state index in [2.05, 4.69) is 37.8 Å². The molecule has 2 N–H and O–H groups in total. The van der Waals surface area contributed by atoms with Gasteiger partial charge in [0.25, 0.3) is 0 Å². The third-order valence-corrected chi connectivity index (χ3v) is 4.50. The Morgan fingerprint density at radius 2 is 1.68 bits per heavy atom. The molecule has 1 aromatic rings. The first-order valence-corrected chi connectivity index (χ1v) is 7.52. The largest absolute Gasteiger partial charge is 0.324 e. The fourth-order valence-corrected chi connectivity index (χ4v) is 3.01. The van der Waals surface area contributed by atoms with E-state index in [4.69, 9.17) is 17.3 Å². The zero-order valence-corrected chi connectivity index (χ0v) is 13.0. The lowest BCUT2D eigenvalue weighted by Gasteiger charge is -2.42. The lowest BCUT2D eigenvalue weighted by Crippen LogP contribution is -2.47. The summed E-state index contributed by atoms with van der Waals surface area (Å²) in [5.74, 6) is 0.583. The molecule has 1 fully saturated rings. The number of nitrogens with two attached hydrogens (primary N) is 1. The van der Waals surface area contributed by atoms with Gasteiger partial charge in [0.1, 0.15) is 0 Å². The number of benzene rings is 1. The van der Waals surface area contributed by atoms with Gasteiger partial charge in [-0.15, -0.1) is 0 Å². The molecule has 1 aliphatic heterocycles. The summed E-state index contributed by atoms with van der Waals surface area (Å²) < 4.78 is 0. The second-order valence-corrected chi connectivity index (χ2v) is 7.01. The summed E-state index contributed by atoms with van der Waals surface area (Å²) in [6.45, 7) is 9.15. The van der Waals surface area contributed by atoms with Crippen molar-refractivity contribution in [3.63, 3.8) is 0 Å². The predicted octanol–water partition coefficient (Wildman–Crippen LogP) is 3.85. The van der Waals surface area contributed by atoms with Crippen LogP contribution in [0.25, 0.3) is 0 Å². The van der Waals surface area contributed by atoms with Gasteiger partial charge in [-0.3, -0.25) is 4.90 Å². The summed E-state index contributed by atoms with van der Waals surface area (Å²) in [7, 11) is 0. The molecular weight excluding hydrogens is 256 g/mol. The number of rotatable bonds is 2. The number of nitrogens with zero attached hydrogens (tertiary/aromatic N) is 1. The van der Waals surface area contributed by atoms with Crippen LogP contribution < -0.4 is 5.73 Å². The zero-order chi connectivity index (χ0) is 14.0. The van der Waals surface area contributed by atoms with Crippen LogP contribution in [-0.2, 0) is 0 Å². The van der Waals surface area contributed by atoms with Gasteiger partial charge in [0, 0.05) is 16.6 Å². The van der Waals surface area contributed by atoms with E-state index >= 15 is 0 Å². The first-order valence-electron chi connectivity index (χ1n) is 7.14. The van der Waals surface area contributed by atoms with Crippen LogP contribution in [-0.4, -0.2) is 23.5 Å². The summed E-state index contributed by atoms with van der Waals surface area (Å²) in [4.78, 5) is 2.55. The monoisotopic (exact) mass is 280 g/mol. The van der Waals surface area contributed by atoms with E-state index in [0.717, 1.165) is 18.1 Å². The van der Waals surface area contributed by atoms with Crippen molar-refractivity contribution < 1.29 is 0 Å². The Labute approximate surface area is 121 Å². The first-order chi connectivity index (χ1) is 8.88. The molecule has 0 amide bonds. The molecule has 0 aliphatic carbocycles. The Morgan fingerprint density at radius 3 is 2.16 bits per heavy atom. The van der Waals surface area contributed by atoms with Gasteiger partial charge >= 0.3 is 0 Å². The minimum atomic E-state index is 0.138. The van der Waals surface area contributed by atoms with E-state index in [1.165, 1.54) is 18.4 Å². The summed E-state index contributed by atoms with van der Waals surface area (Å²) >= 11 is 5.92. The number of piperidine rings is 1. The average molecular weight is 281 g/mol. The van der Waals surface area contributed by atoms with Crippen molar-refractivity contribution in [1.29, 1.82) is 0 Å². The van der Waals surface area contributed by atoms with Crippen molar-refractivity contribution in [1.82, 2.24) is 4.90 Å². The van der Waals surface area contributed by atoms with E-state index in [1.54, 1.807) is 0 Å². The van der Waals surface area contributed by atoms with E-state index in [9.17, 15) is 0 Å². The third kappa shape index (κ3) is 3.71. The molecule has 0 aromatic heterocycles.